The lowest BCUT2D eigenvalue weighted by Gasteiger charge is -2.36. The van der Waals surface area contributed by atoms with Crippen LogP contribution in [0.4, 0.5) is 10.1 Å². The van der Waals surface area contributed by atoms with Crippen molar-refractivity contribution >= 4 is 22.5 Å². The molecular formula is C22H21FN2O2. The molecule has 4 nitrogen and oxygen atoms in total. The van der Waals surface area contributed by atoms with Crippen LogP contribution < -0.4 is 5.32 Å². The molecular weight excluding hydrogens is 343 g/mol. The molecule has 4 rings (SSSR count). The third-order valence-corrected chi connectivity index (χ3v) is 5.21. The summed E-state index contributed by atoms with van der Waals surface area (Å²) in [5.74, 6) is -0.346. The van der Waals surface area contributed by atoms with Crippen LogP contribution in [0, 0.1) is 11.2 Å². The van der Waals surface area contributed by atoms with E-state index >= 15 is 0 Å². The summed E-state index contributed by atoms with van der Waals surface area (Å²) in [4.78, 5) is 17.6. The fourth-order valence-electron chi connectivity index (χ4n) is 3.69. The van der Waals surface area contributed by atoms with E-state index in [0.29, 0.717) is 38.2 Å². The summed E-state index contributed by atoms with van der Waals surface area (Å²) >= 11 is 0. The molecule has 0 atom stereocenters. The van der Waals surface area contributed by atoms with Crippen LogP contribution in [0.25, 0.3) is 10.9 Å². The summed E-state index contributed by atoms with van der Waals surface area (Å²) in [5.41, 5.74) is 1.76. The monoisotopic (exact) mass is 364 g/mol. The topological polar surface area (TPSA) is 51.2 Å². The number of nitrogens with one attached hydrogen (secondary N) is 1. The molecule has 0 spiro atoms. The Morgan fingerprint density at radius 2 is 1.93 bits per heavy atom. The Labute approximate surface area is 157 Å². The van der Waals surface area contributed by atoms with Gasteiger partial charge in [-0.1, -0.05) is 30.3 Å². The number of ether oxygens (including phenoxy) is 1. The van der Waals surface area contributed by atoms with E-state index in [1.54, 1.807) is 12.3 Å². The maximum absolute atomic E-state index is 13.6. The van der Waals surface area contributed by atoms with Gasteiger partial charge in [0.1, 0.15) is 5.82 Å². The molecule has 3 aromatic rings. The quantitative estimate of drug-likeness (QED) is 0.749. The zero-order chi connectivity index (χ0) is 18.7. The van der Waals surface area contributed by atoms with E-state index in [1.165, 1.54) is 12.1 Å². The molecule has 1 N–H and O–H groups in total. The molecule has 1 aromatic heterocycles. The van der Waals surface area contributed by atoms with Crippen molar-refractivity contribution in [1.29, 1.82) is 0 Å². The number of carbonyl (C=O) groups is 1. The van der Waals surface area contributed by atoms with Gasteiger partial charge in [0.25, 0.3) is 0 Å². The van der Waals surface area contributed by atoms with Gasteiger partial charge in [0.2, 0.25) is 5.91 Å². The lowest BCUT2D eigenvalue weighted by Crippen LogP contribution is -2.42. The molecule has 1 aliphatic heterocycles. The molecule has 1 saturated heterocycles. The number of fused-ring (bicyclic) bond motifs is 1. The predicted molar refractivity (Wildman–Crippen MR) is 103 cm³/mol. The summed E-state index contributed by atoms with van der Waals surface area (Å²) in [7, 11) is 0. The van der Waals surface area contributed by atoms with Crippen LogP contribution in [0.1, 0.15) is 18.4 Å². The molecule has 2 aromatic carbocycles. The molecule has 0 saturated carbocycles. The second-order valence-electron chi connectivity index (χ2n) is 7.07. The minimum atomic E-state index is -0.613. The SMILES string of the molecule is O=C(Nc1cnc2ccccc2c1)C1(Cc2cccc(F)c2)CCOCC1. The molecule has 0 unspecified atom stereocenters. The lowest BCUT2D eigenvalue weighted by atomic mass is 9.74. The first-order valence-electron chi connectivity index (χ1n) is 9.13. The van der Waals surface area contributed by atoms with Crippen molar-refractivity contribution in [1.82, 2.24) is 4.98 Å². The minimum absolute atomic E-state index is 0.0628. The number of rotatable bonds is 4. The van der Waals surface area contributed by atoms with Crippen LogP contribution in [-0.2, 0) is 16.0 Å². The highest BCUT2D eigenvalue weighted by molar-refractivity contribution is 5.97. The van der Waals surface area contributed by atoms with E-state index in [-0.39, 0.29) is 11.7 Å². The van der Waals surface area contributed by atoms with Crippen molar-refractivity contribution in [2.45, 2.75) is 19.3 Å². The van der Waals surface area contributed by atoms with Gasteiger partial charge < -0.3 is 10.1 Å². The highest BCUT2D eigenvalue weighted by atomic mass is 19.1. The first-order valence-corrected chi connectivity index (χ1v) is 9.13. The van der Waals surface area contributed by atoms with E-state index in [9.17, 15) is 9.18 Å². The number of hydrogen-bond acceptors (Lipinski definition) is 3. The summed E-state index contributed by atoms with van der Waals surface area (Å²) in [5, 5.41) is 4.00. The van der Waals surface area contributed by atoms with Crippen LogP contribution in [0.3, 0.4) is 0 Å². The number of nitrogens with zero attached hydrogens (tertiary/aromatic N) is 1. The predicted octanol–water partition coefficient (Wildman–Crippen LogP) is 4.35. The van der Waals surface area contributed by atoms with Crippen molar-refractivity contribution in [3.05, 3.63) is 72.2 Å². The average molecular weight is 364 g/mol. The maximum atomic E-state index is 13.6. The number of halogens is 1. The number of pyridine rings is 1. The van der Waals surface area contributed by atoms with E-state index in [2.05, 4.69) is 10.3 Å². The third kappa shape index (κ3) is 3.83. The summed E-state index contributed by atoms with van der Waals surface area (Å²) in [6.45, 7) is 1.05. The number of hydrogen-bond donors (Lipinski definition) is 1. The normalized spacial score (nSPS) is 16.2. The smallest absolute Gasteiger partial charge is 0.231 e. The zero-order valence-corrected chi connectivity index (χ0v) is 15.0. The van der Waals surface area contributed by atoms with Gasteiger partial charge in [-0.05, 0) is 49.1 Å². The minimum Gasteiger partial charge on any atom is -0.381 e. The molecule has 0 bridgehead atoms. The highest BCUT2D eigenvalue weighted by Gasteiger charge is 2.40. The number of aromatic nitrogens is 1. The molecule has 1 amide bonds. The van der Waals surface area contributed by atoms with E-state index in [0.717, 1.165) is 16.5 Å². The van der Waals surface area contributed by atoms with Gasteiger partial charge in [0.05, 0.1) is 22.8 Å². The van der Waals surface area contributed by atoms with Crippen LogP contribution in [0.15, 0.2) is 60.8 Å². The number of amides is 1. The zero-order valence-electron chi connectivity index (χ0n) is 15.0. The highest BCUT2D eigenvalue weighted by Crippen LogP contribution is 2.36. The molecule has 5 heteroatoms. The van der Waals surface area contributed by atoms with Gasteiger partial charge in [-0.15, -0.1) is 0 Å². The number of para-hydroxylation sites is 1. The van der Waals surface area contributed by atoms with E-state index < -0.39 is 5.41 Å². The number of carbonyl (C=O) groups excluding carboxylic acids is 1. The fraction of sp³-hybridized carbons (Fsp3) is 0.273. The van der Waals surface area contributed by atoms with Gasteiger partial charge in [-0.3, -0.25) is 9.78 Å². The van der Waals surface area contributed by atoms with Gasteiger partial charge >= 0.3 is 0 Å². The Morgan fingerprint density at radius 1 is 1.11 bits per heavy atom. The lowest BCUT2D eigenvalue weighted by molar-refractivity contribution is -0.131. The van der Waals surface area contributed by atoms with E-state index in [4.69, 9.17) is 4.74 Å². The summed E-state index contributed by atoms with van der Waals surface area (Å²) < 4.78 is 19.1. The Morgan fingerprint density at radius 3 is 2.74 bits per heavy atom. The third-order valence-electron chi connectivity index (χ3n) is 5.21. The standard InChI is InChI=1S/C22H21FN2O2/c23-18-6-3-4-16(12-18)14-22(8-10-27-11-9-22)21(26)25-19-13-17-5-1-2-7-20(17)24-15-19/h1-7,12-13,15H,8-11,14H2,(H,25,26). The summed E-state index contributed by atoms with van der Waals surface area (Å²) in [6, 6.07) is 16.2. The van der Waals surface area contributed by atoms with Crippen LogP contribution in [0.2, 0.25) is 0 Å². The van der Waals surface area contributed by atoms with Crippen molar-refractivity contribution in [2.75, 3.05) is 18.5 Å². The van der Waals surface area contributed by atoms with Crippen molar-refractivity contribution in [2.24, 2.45) is 5.41 Å². The van der Waals surface area contributed by atoms with Crippen molar-refractivity contribution in [3.63, 3.8) is 0 Å². The fourth-order valence-corrected chi connectivity index (χ4v) is 3.69. The van der Waals surface area contributed by atoms with Gasteiger partial charge in [-0.25, -0.2) is 4.39 Å². The second kappa shape index (κ2) is 7.45. The second-order valence-corrected chi connectivity index (χ2v) is 7.07. The van der Waals surface area contributed by atoms with Crippen LogP contribution in [0.5, 0.6) is 0 Å². The van der Waals surface area contributed by atoms with Crippen LogP contribution in [-0.4, -0.2) is 24.1 Å². The number of anilines is 1. The Kier molecular flexibility index (Phi) is 4.86. The van der Waals surface area contributed by atoms with Crippen molar-refractivity contribution < 1.29 is 13.9 Å². The van der Waals surface area contributed by atoms with Gasteiger partial charge in [-0.2, -0.15) is 0 Å². The molecule has 0 aliphatic carbocycles. The Balaban J connectivity index is 1.60. The van der Waals surface area contributed by atoms with Gasteiger partial charge in [0, 0.05) is 18.6 Å². The first kappa shape index (κ1) is 17.6. The largest absolute Gasteiger partial charge is 0.381 e. The number of benzene rings is 2. The molecule has 27 heavy (non-hydrogen) atoms. The Bertz CT molecular complexity index is 967. The molecule has 1 fully saturated rings. The first-order chi connectivity index (χ1) is 13.1. The molecule has 1 aliphatic rings. The Hall–Kier alpha value is -2.79. The average Bonchev–Trinajstić information content (AvgIpc) is 2.68. The van der Waals surface area contributed by atoms with Gasteiger partial charge in [0.15, 0.2) is 0 Å². The van der Waals surface area contributed by atoms with Crippen LogP contribution >= 0.6 is 0 Å². The maximum Gasteiger partial charge on any atom is 0.231 e. The molecule has 138 valence electrons. The van der Waals surface area contributed by atoms with E-state index in [1.807, 2.05) is 36.4 Å². The summed E-state index contributed by atoms with van der Waals surface area (Å²) in [6.07, 6.45) is 3.38. The van der Waals surface area contributed by atoms with Crippen molar-refractivity contribution in [3.8, 4) is 0 Å². The molecule has 2 heterocycles. The molecule has 0 radical (unpaired) electrons.